The third-order valence-electron chi connectivity index (χ3n) is 5.25. The second-order valence-electron chi connectivity index (χ2n) is 7.28. The van der Waals surface area contributed by atoms with E-state index < -0.39 is 0 Å². The zero-order valence-corrected chi connectivity index (χ0v) is 16.1. The summed E-state index contributed by atoms with van der Waals surface area (Å²) in [5, 5.41) is 4.72. The number of aromatic amines is 1. The van der Waals surface area contributed by atoms with Crippen LogP contribution in [0.4, 0.5) is 5.69 Å². The first kappa shape index (κ1) is 17.7. The van der Waals surface area contributed by atoms with Crippen LogP contribution < -0.4 is 5.73 Å². The molecule has 1 unspecified atom stereocenters. The Bertz CT molecular complexity index is 1040. The maximum atomic E-state index is 6.32. The summed E-state index contributed by atoms with van der Waals surface area (Å²) < 4.78 is 7.68. The number of hydrogen-bond acceptors (Lipinski definition) is 4. The molecule has 0 saturated carbocycles. The lowest BCUT2D eigenvalue weighted by molar-refractivity contribution is -0.0393. The van der Waals surface area contributed by atoms with E-state index in [0.717, 1.165) is 48.4 Å². The average molecular weight is 385 g/mol. The minimum Gasteiger partial charge on any atom is -0.396 e. The first-order valence-electron chi connectivity index (χ1n) is 9.97. The van der Waals surface area contributed by atoms with Crippen molar-refractivity contribution in [3.63, 3.8) is 0 Å². The van der Waals surface area contributed by atoms with Gasteiger partial charge in [0.15, 0.2) is 11.5 Å². The quantitative estimate of drug-likeness (QED) is 0.524. The summed E-state index contributed by atoms with van der Waals surface area (Å²) in [4.78, 5) is 8.36. The van der Waals surface area contributed by atoms with Gasteiger partial charge in [0.2, 0.25) is 0 Å². The number of imidazole rings is 1. The van der Waals surface area contributed by atoms with Gasteiger partial charge in [-0.3, -0.25) is 0 Å². The summed E-state index contributed by atoms with van der Waals surface area (Å²) in [7, 11) is 0. The maximum Gasteiger partial charge on any atom is 0.161 e. The standard InChI is InChI=1S/C23H23N5O/c24-18-15-28(19-13-7-8-14-29-19)27-22(18)23-25-20(16-9-3-1-4-10-16)21(26-23)17-11-5-2-6-12-17/h1-6,9-12,15,19H,7-8,13-14,24H2,(H,25,26). The molecule has 2 aromatic heterocycles. The normalized spacial score (nSPS) is 16.8. The van der Waals surface area contributed by atoms with Crippen LogP contribution in [-0.2, 0) is 4.74 Å². The largest absolute Gasteiger partial charge is 0.396 e. The first-order chi connectivity index (χ1) is 14.3. The van der Waals surface area contributed by atoms with Crippen LogP contribution in [0.3, 0.4) is 0 Å². The zero-order valence-electron chi connectivity index (χ0n) is 16.1. The summed E-state index contributed by atoms with van der Waals surface area (Å²) in [6.45, 7) is 0.761. The molecule has 0 aliphatic carbocycles. The average Bonchev–Trinajstić information content (AvgIpc) is 3.39. The van der Waals surface area contributed by atoms with E-state index in [9.17, 15) is 0 Å². The van der Waals surface area contributed by atoms with Gasteiger partial charge in [-0.25, -0.2) is 9.67 Å². The lowest BCUT2D eigenvalue weighted by Gasteiger charge is -2.22. The molecule has 1 fully saturated rings. The molecule has 6 heteroatoms. The fraction of sp³-hybridized carbons (Fsp3) is 0.217. The van der Waals surface area contributed by atoms with Crippen molar-refractivity contribution in [2.75, 3.05) is 12.3 Å². The Morgan fingerprint density at radius 1 is 0.931 bits per heavy atom. The van der Waals surface area contributed by atoms with Crippen LogP contribution in [0, 0.1) is 0 Å². The highest BCUT2D eigenvalue weighted by atomic mass is 16.5. The van der Waals surface area contributed by atoms with Gasteiger partial charge < -0.3 is 15.5 Å². The molecule has 29 heavy (non-hydrogen) atoms. The number of benzene rings is 2. The van der Waals surface area contributed by atoms with E-state index in [1.807, 2.05) is 47.3 Å². The SMILES string of the molecule is Nc1cn(C2CCCCO2)nc1-c1nc(-c2ccccc2)c(-c2ccccc2)[nH]1. The molecule has 0 spiro atoms. The van der Waals surface area contributed by atoms with E-state index in [0.29, 0.717) is 17.2 Å². The number of nitrogens with zero attached hydrogens (tertiary/aromatic N) is 3. The molecule has 1 saturated heterocycles. The Labute approximate surface area is 169 Å². The molecule has 0 amide bonds. The summed E-state index contributed by atoms with van der Waals surface area (Å²) in [6.07, 6.45) is 4.97. The number of H-pyrrole nitrogens is 1. The highest BCUT2D eigenvalue weighted by Gasteiger charge is 2.22. The van der Waals surface area contributed by atoms with E-state index in [2.05, 4.69) is 29.2 Å². The van der Waals surface area contributed by atoms with Crippen LogP contribution in [0.5, 0.6) is 0 Å². The van der Waals surface area contributed by atoms with Gasteiger partial charge in [0.05, 0.1) is 23.3 Å². The fourth-order valence-electron chi connectivity index (χ4n) is 3.77. The molecule has 1 aliphatic heterocycles. The van der Waals surface area contributed by atoms with Gasteiger partial charge in [0, 0.05) is 17.7 Å². The van der Waals surface area contributed by atoms with Gasteiger partial charge in [-0.05, 0) is 19.3 Å². The number of ether oxygens (including phenoxy) is 1. The predicted octanol–water partition coefficient (Wildman–Crippen LogP) is 4.89. The summed E-state index contributed by atoms with van der Waals surface area (Å²) in [5.74, 6) is 0.662. The lowest BCUT2D eigenvalue weighted by atomic mass is 10.1. The van der Waals surface area contributed by atoms with Crippen molar-refractivity contribution < 1.29 is 4.74 Å². The number of rotatable bonds is 4. The van der Waals surface area contributed by atoms with E-state index in [1.54, 1.807) is 0 Å². The third-order valence-corrected chi connectivity index (χ3v) is 5.25. The van der Waals surface area contributed by atoms with Gasteiger partial charge in [0.25, 0.3) is 0 Å². The molecule has 1 aliphatic rings. The minimum absolute atomic E-state index is 0.0584. The van der Waals surface area contributed by atoms with Gasteiger partial charge in [-0.15, -0.1) is 0 Å². The van der Waals surface area contributed by atoms with Crippen molar-refractivity contribution in [1.29, 1.82) is 0 Å². The molecule has 0 radical (unpaired) electrons. The van der Waals surface area contributed by atoms with Crippen molar-refractivity contribution in [2.45, 2.75) is 25.5 Å². The van der Waals surface area contributed by atoms with Crippen molar-refractivity contribution in [3.8, 4) is 34.0 Å². The number of aromatic nitrogens is 4. The van der Waals surface area contributed by atoms with E-state index in [-0.39, 0.29) is 6.23 Å². The number of nitrogens with two attached hydrogens (primary N) is 1. The smallest absolute Gasteiger partial charge is 0.161 e. The first-order valence-corrected chi connectivity index (χ1v) is 9.97. The Kier molecular flexibility index (Phi) is 4.62. The molecule has 3 N–H and O–H groups in total. The summed E-state index contributed by atoms with van der Waals surface area (Å²) in [5.41, 5.74) is 11.5. The highest BCUT2D eigenvalue weighted by Crippen LogP contribution is 2.34. The second kappa shape index (κ2) is 7.56. The molecule has 6 nitrogen and oxygen atoms in total. The summed E-state index contributed by atoms with van der Waals surface area (Å²) >= 11 is 0. The van der Waals surface area contributed by atoms with Crippen LogP contribution in [-0.4, -0.2) is 26.4 Å². The lowest BCUT2D eigenvalue weighted by Crippen LogP contribution is -2.18. The Morgan fingerprint density at radius 3 is 2.34 bits per heavy atom. The van der Waals surface area contributed by atoms with E-state index in [4.69, 9.17) is 20.6 Å². The molecule has 2 aromatic carbocycles. The summed E-state index contributed by atoms with van der Waals surface area (Å²) in [6, 6.07) is 20.3. The van der Waals surface area contributed by atoms with Crippen LogP contribution >= 0.6 is 0 Å². The molecule has 4 aromatic rings. The Balaban J connectivity index is 1.60. The molecule has 3 heterocycles. The van der Waals surface area contributed by atoms with Crippen molar-refractivity contribution in [1.82, 2.24) is 19.7 Å². The molecular weight excluding hydrogens is 362 g/mol. The van der Waals surface area contributed by atoms with Gasteiger partial charge in [-0.2, -0.15) is 5.10 Å². The predicted molar refractivity (Wildman–Crippen MR) is 114 cm³/mol. The monoisotopic (exact) mass is 385 g/mol. The van der Waals surface area contributed by atoms with E-state index >= 15 is 0 Å². The molecule has 1 atom stereocenters. The topological polar surface area (TPSA) is 81.8 Å². The highest BCUT2D eigenvalue weighted by molar-refractivity contribution is 5.82. The molecular formula is C23H23N5O. The van der Waals surface area contributed by atoms with E-state index in [1.165, 1.54) is 0 Å². The van der Waals surface area contributed by atoms with Crippen molar-refractivity contribution >= 4 is 5.69 Å². The van der Waals surface area contributed by atoms with Crippen molar-refractivity contribution in [2.24, 2.45) is 0 Å². The number of anilines is 1. The Morgan fingerprint density at radius 2 is 1.66 bits per heavy atom. The number of hydrogen-bond donors (Lipinski definition) is 2. The van der Waals surface area contributed by atoms with Crippen LogP contribution in [0.1, 0.15) is 25.5 Å². The van der Waals surface area contributed by atoms with Gasteiger partial charge in [0.1, 0.15) is 6.23 Å². The fourth-order valence-corrected chi connectivity index (χ4v) is 3.77. The zero-order chi connectivity index (χ0) is 19.6. The molecule has 5 rings (SSSR count). The number of nitrogens with one attached hydrogen (secondary N) is 1. The molecule has 146 valence electrons. The van der Waals surface area contributed by atoms with Crippen LogP contribution in [0.15, 0.2) is 66.9 Å². The number of nitrogen functional groups attached to an aromatic ring is 1. The van der Waals surface area contributed by atoms with Crippen LogP contribution in [0.25, 0.3) is 34.0 Å². The van der Waals surface area contributed by atoms with Crippen LogP contribution in [0.2, 0.25) is 0 Å². The van der Waals surface area contributed by atoms with Crippen molar-refractivity contribution in [3.05, 3.63) is 66.9 Å². The third kappa shape index (κ3) is 3.43. The molecule has 0 bridgehead atoms. The second-order valence-corrected chi connectivity index (χ2v) is 7.28. The minimum atomic E-state index is -0.0584. The van der Waals surface area contributed by atoms with Gasteiger partial charge in [-0.1, -0.05) is 60.7 Å². The Hall–Kier alpha value is -3.38. The van der Waals surface area contributed by atoms with Gasteiger partial charge >= 0.3 is 0 Å². The maximum absolute atomic E-state index is 6.32.